The van der Waals surface area contributed by atoms with Gasteiger partial charge in [0.15, 0.2) is 0 Å². The molecule has 9 nitrogen and oxygen atoms in total. The molecule has 3 N–H and O–H groups in total. The van der Waals surface area contributed by atoms with Gasteiger partial charge in [0.1, 0.15) is 17.9 Å². The standard InChI is InChI=1S/C13H13IN4O5/c14-8-3-6(17-18-15)1-2-9(8)23-10-5-16-12(13(21)22)7(10)4-11(19)20/h1-3,7,10,12,16H,4-5H2,(H,19,20)(H,21,22)/t7-,10-,12-/m0/s1. The molecule has 3 atom stereocenters. The number of ether oxygens (including phenoxy) is 1. The maximum absolute atomic E-state index is 11.2. The van der Waals surface area contributed by atoms with Crippen LogP contribution in [0.15, 0.2) is 23.3 Å². The van der Waals surface area contributed by atoms with Crippen molar-refractivity contribution in [2.45, 2.75) is 18.6 Å². The summed E-state index contributed by atoms with van der Waals surface area (Å²) in [5.74, 6) is -2.38. The first-order chi connectivity index (χ1) is 10.9. The van der Waals surface area contributed by atoms with Gasteiger partial charge in [0, 0.05) is 23.1 Å². The molecule has 0 bridgehead atoms. The van der Waals surface area contributed by atoms with Crippen LogP contribution in [0.25, 0.3) is 10.4 Å². The molecule has 2 rings (SSSR count). The summed E-state index contributed by atoms with van der Waals surface area (Å²) in [5, 5.41) is 24.4. The third kappa shape index (κ3) is 4.24. The van der Waals surface area contributed by atoms with Crippen LogP contribution >= 0.6 is 22.6 Å². The Hall–Kier alpha value is -2.04. The zero-order valence-corrected chi connectivity index (χ0v) is 13.9. The van der Waals surface area contributed by atoms with E-state index in [1.54, 1.807) is 18.2 Å². The second-order valence-electron chi connectivity index (χ2n) is 4.95. The predicted octanol–water partition coefficient (Wildman–Crippen LogP) is 2.13. The highest BCUT2D eigenvalue weighted by molar-refractivity contribution is 14.1. The molecule has 0 aromatic heterocycles. The highest BCUT2D eigenvalue weighted by atomic mass is 127. The number of nitrogens with zero attached hydrogens (tertiary/aromatic N) is 3. The fourth-order valence-electron chi connectivity index (χ4n) is 2.47. The fourth-order valence-corrected chi connectivity index (χ4v) is 3.10. The Balaban J connectivity index is 2.19. The van der Waals surface area contributed by atoms with Crippen molar-refractivity contribution < 1.29 is 24.5 Å². The first-order valence-electron chi connectivity index (χ1n) is 6.61. The zero-order valence-electron chi connectivity index (χ0n) is 11.7. The number of hydrogen-bond donors (Lipinski definition) is 3. The van der Waals surface area contributed by atoms with E-state index >= 15 is 0 Å². The van der Waals surface area contributed by atoms with E-state index in [1.807, 2.05) is 22.6 Å². The normalized spacial score (nSPS) is 23.1. The van der Waals surface area contributed by atoms with Crippen molar-refractivity contribution in [2.24, 2.45) is 11.0 Å². The molecule has 1 aliphatic heterocycles. The molecule has 0 radical (unpaired) electrons. The monoisotopic (exact) mass is 432 g/mol. The number of nitrogens with one attached hydrogen (secondary N) is 1. The summed E-state index contributed by atoms with van der Waals surface area (Å²) in [6.07, 6.45) is -0.881. The Morgan fingerprint density at radius 2 is 2.22 bits per heavy atom. The fraction of sp³-hybridized carbons (Fsp3) is 0.385. The van der Waals surface area contributed by atoms with Crippen LogP contribution < -0.4 is 10.1 Å². The molecule has 0 amide bonds. The second kappa shape index (κ2) is 7.49. The lowest BCUT2D eigenvalue weighted by Gasteiger charge is -2.22. The number of aliphatic carboxylic acids is 2. The van der Waals surface area contributed by atoms with Gasteiger partial charge in [0.05, 0.1) is 9.99 Å². The molecule has 1 saturated heterocycles. The van der Waals surface area contributed by atoms with Crippen molar-refractivity contribution in [1.29, 1.82) is 0 Å². The molecule has 0 saturated carbocycles. The average Bonchev–Trinajstić information content (AvgIpc) is 2.84. The van der Waals surface area contributed by atoms with Gasteiger partial charge in [-0.15, -0.1) is 0 Å². The van der Waals surface area contributed by atoms with Crippen molar-refractivity contribution in [2.75, 3.05) is 6.54 Å². The lowest BCUT2D eigenvalue weighted by atomic mass is 9.94. The number of carboxylic acid groups (broad SMARTS) is 2. The average molecular weight is 432 g/mol. The number of benzene rings is 1. The van der Waals surface area contributed by atoms with Crippen molar-refractivity contribution >= 4 is 40.2 Å². The molecule has 10 heteroatoms. The van der Waals surface area contributed by atoms with E-state index in [2.05, 4.69) is 15.3 Å². The van der Waals surface area contributed by atoms with E-state index in [-0.39, 0.29) is 13.0 Å². The molecule has 0 spiro atoms. The highest BCUT2D eigenvalue weighted by Crippen LogP contribution is 2.30. The summed E-state index contributed by atoms with van der Waals surface area (Å²) in [6, 6.07) is 3.84. The predicted molar refractivity (Wildman–Crippen MR) is 87.6 cm³/mol. The van der Waals surface area contributed by atoms with Crippen molar-refractivity contribution in [3.8, 4) is 5.75 Å². The summed E-state index contributed by atoms with van der Waals surface area (Å²) >= 11 is 2.00. The van der Waals surface area contributed by atoms with Gasteiger partial charge in [-0.1, -0.05) is 5.11 Å². The summed E-state index contributed by atoms with van der Waals surface area (Å²) in [7, 11) is 0. The Bertz CT molecular complexity index is 676. The quantitative estimate of drug-likeness (QED) is 0.272. The maximum Gasteiger partial charge on any atom is 0.321 e. The Morgan fingerprint density at radius 1 is 1.48 bits per heavy atom. The van der Waals surface area contributed by atoms with Gasteiger partial charge < -0.3 is 20.3 Å². The molecule has 1 aromatic carbocycles. The molecule has 1 aliphatic rings. The molecule has 122 valence electrons. The SMILES string of the molecule is [N-]=[N+]=Nc1ccc(O[C@H]2CN[C@H](C(=O)O)[C@H]2CC(=O)O)c(I)c1. The molecule has 1 aromatic rings. The van der Waals surface area contributed by atoms with Crippen LogP contribution in [0.4, 0.5) is 5.69 Å². The molecule has 0 unspecified atom stereocenters. The molecule has 23 heavy (non-hydrogen) atoms. The molecular formula is C13H13IN4O5. The van der Waals surface area contributed by atoms with Crippen LogP contribution in [-0.2, 0) is 9.59 Å². The van der Waals surface area contributed by atoms with Gasteiger partial charge in [0.2, 0.25) is 0 Å². The Morgan fingerprint density at radius 3 is 2.78 bits per heavy atom. The summed E-state index contributed by atoms with van der Waals surface area (Å²) < 4.78 is 6.48. The van der Waals surface area contributed by atoms with E-state index in [0.29, 0.717) is 15.0 Å². The van der Waals surface area contributed by atoms with Crippen LogP contribution in [0.1, 0.15) is 6.42 Å². The minimum Gasteiger partial charge on any atom is -0.488 e. The van der Waals surface area contributed by atoms with Crippen molar-refractivity contribution in [3.63, 3.8) is 0 Å². The number of carbonyl (C=O) groups is 2. The van der Waals surface area contributed by atoms with E-state index in [4.69, 9.17) is 15.4 Å². The van der Waals surface area contributed by atoms with Crippen molar-refractivity contribution in [1.82, 2.24) is 5.32 Å². The van der Waals surface area contributed by atoms with Gasteiger partial charge in [-0.25, -0.2) is 0 Å². The van der Waals surface area contributed by atoms with Crippen LogP contribution in [-0.4, -0.2) is 40.8 Å². The lowest BCUT2D eigenvalue weighted by Crippen LogP contribution is -2.38. The molecule has 1 heterocycles. The van der Waals surface area contributed by atoms with E-state index < -0.39 is 30.0 Å². The van der Waals surface area contributed by atoms with Gasteiger partial charge in [-0.3, -0.25) is 9.59 Å². The molecule has 0 aliphatic carbocycles. The largest absolute Gasteiger partial charge is 0.488 e. The lowest BCUT2D eigenvalue weighted by molar-refractivity contribution is -0.142. The van der Waals surface area contributed by atoms with Gasteiger partial charge in [-0.05, 0) is 46.3 Å². The topological polar surface area (TPSA) is 145 Å². The maximum atomic E-state index is 11.2. The summed E-state index contributed by atoms with van der Waals surface area (Å²) in [5.41, 5.74) is 8.84. The molecule has 1 fully saturated rings. The number of hydrogen-bond acceptors (Lipinski definition) is 5. The summed E-state index contributed by atoms with van der Waals surface area (Å²) in [6.45, 7) is 0.239. The van der Waals surface area contributed by atoms with Gasteiger partial charge >= 0.3 is 11.9 Å². The number of halogens is 1. The minimum absolute atomic E-state index is 0.239. The van der Waals surface area contributed by atoms with Crippen LogP contribution in [0.5, 0.6) is 5.75 Å². The Kier molecular flexibility index (Phi) is 5.64. The third-order valence-corrected chi connectivity index (χ3v) is 4.32. The number of azide groups is 1. The van der Waals surface area contributed by atoms with E-state index in [1.165, 1.54) is 0 Å². The van der Waals surface area contributed by atoms with Gasteiger partial charge in [0.25, 0.3) is 0 Å². The molecular weight excluding hydrogens is 419 g/mol. The van der Waals surface area contributed by atoms with Crippen LogP contribution in [0.3, 0.4) is 0 Å². The van der Waals surface area contributed by atoms with E-state index in [0.717, 1.165) is 0 Å². The highest BCUT2D eigenvalue weighted by Gasteiger charge is 2.42. The third-order valence-electron chi connectivity index (χ3n) is 3.48. The second-order valence-corrected chi connectivity index (χ2v) is 6.11. The Labute approximate surface area is 144 Å². The summed E-state index contributed by atoms with van der Waals surface area (Å²) in [4.78, 5) is 24.9. The number of rotatable bonds is 6. The smallest absolute Gasteiger partial charge is 0.321 e. The van der Waals surface area contributed by atoms with Crippen molar-refractivity contribution in [3.05, 3.63) is 32.2 Å². The zero-order chi connectivity index (χ0) is 17.0. The van der Waals surface area contributed by atoms with E-state index in [9.17, 15) is 14.7 Å². The minimum atomic E-state index is -1.10. The first kappa shape index (κ1) is 17.3. The van der Waals surface area contributed by atoms with Crippen LogP contribution in [0, 0.1) is 9.49 Å². The van der Waals surface area contributed by atoms with Crippen LogP contribution in [0.2, 0.25) is 0 Å². The first-order valence-corrected chi connectivity index (χ1v) is 7.69. The number of carboxylic acids is 2. The van der Waals surface area contributed by atoms with Gasteiger partial charge in [-0.2, -0.15) is 0 Å².